The fourth-order valence-corrected chi connectivity index (χ4v) is 4.82. The molecule has 0 N–H and O–H groups in total. The molecule has 0 aliphatic heterocycles. The minimum Gasteiger partial charge on any atom is -0.232 e. The quantitative estimate of drug-likeness (QED) is 0.839. The lowest BCUT2D eigenvalue weighted by Gasteiger charge is -2.30. The third kappa shape index (κ3) is 2.81. The zero-order valence-corrected chi connectivity index (χ0v) is 12.0. The van der Waals surface area contributed by atoms with E-state index < -0.39 is 10.0 Å². The minimum atomic E-state index is -3.40. The number of thiazole rings is 1. The van der Waals surface area contributed by atoms with Crippen LogP contribution in [0.3, 0.4) is 0 Å². The number of hydrogen-bond acceptors (Lipinski definition) is 4. The summed E-state index contributed by atoms with van der Waals surface area (Å²) >= 11 is 6.70. The van der Waals surface area contributed by atoms with Crippen LogP contribution in [0.15, 0.2) is 10.4 Å². The van der Waals surface area contributed by atoms with E-state index in [2.05, 4.69) is 4.98 Å². The van der Waals surface area contributed by atoms with Crippen molar-refractivity contribution in [3.8, 4) is 0 Å². The SMILES string of the molecule is CCN(CC1CCC1)S(=O)(=O)c1cnc(Cl)s1. The topological polar surface area (TPSA) is 50.3 Å². The van der Waals surface area contributed by atoms with Crippen molar-refractivity contribution in [3.05, 3.63) is 10.7 Å². The molecule has 1 aliphatic rings. The van der Waals surface area contributed by atoms with Gasteiger partial charge in [0, 0.05) is 13.1 Å². The maximum atomic E-state index is 12.3. The van der Waals surface area contributed by atoms with Crippen LogP contribution in [0.1, 0.15) is 26.2 Å². The third-order valence-electron chi connectivity index (χ3n) is 3.09. The highest BCUT2D eigenvalue weighted by molar-refractivity contribution is 7.91. The molecule has 1 aromatic heterocycles. The highest BCUT2D eigenvalue weighted by Crippen LogP contribution is 2.30. The predicted molar refractivity (Wildman–Crippen MR) is 68.9 cm³/mol. The zero-order valence-electron chi connectivity index (χ0n) is 9.60. The smallest absolute Gasteiger partial charge is 0.232 e. The van der Waals surface area contributed by atoms with Crippen molar-refractivity contribution in [2.75, 3.05) is 13.1 Å². The van der Waals surface area contributed by atoms with Crippen LogP contribution in [0.25, 0.3) is 0 Å². The van der Waals surface area contributed by atoms with Gasteiger partial charge < -0.3 is 0 Å². The van der Waals surface area contributed by atoms with Gasteiger partial charge >= 0.3 is 0 Å². The Morgan fingerprint density at radius 2 is 2.29 bits per heavy atom. The summed E-state index contributed by atoms with van der Waals surface area (Å²) in [6.45, 7) is 2.97. The van der Waals surface area contributed by atoms with Gasteiger partial charge in [-0.05, 0) is 18.8 Å². The lowest BCUT2D eigenvalue weighted by atomic mass is 9.85. The normalized spacial score (nSPS) is 17.4. The molecule has 1 aliphatic carbocycles. The summed E-state index contributed by atoms with van der Waals surface area (Å²) < 4.78 is 26.6. The molecule has 0 saturated heterocycles. The van der Waals surface area contributed by atoms with Crippen molar-refractivity contribution in [1.82, 2.24) is 9.29 Å². The number of sulfonamides is 1. The molecule has 0 bridgehead atoms. The number of halogens is 1. The Hall–Kier alpha value is -0.170. The second-order valence-electron chi connectivity index (χ2n) is 4.18. The first-order chi connectivity index (χ1) is 8.04. The van der Waals surface area contributed by atoms with Crippen LogP contribution < -0.4 is 0 Å². The molecule has 96 valence electrons. The van der Waals surface area contributed by atoms with Crippen LogP contribution in [0.2, 0.25) is 4.47 Å². The molecule has 0 radical (unpaired) electrons. The Morgan fingerprint density at radius 3 is 2.71 bits per heavy atom. The first-order valence-electron chi connectivity index (χ1n) is 5.65. The molecule has 0 spiro atoms. The summed E-state index contributed by atoms with van der Waals surface area (Å²) in [5.41, 5.74) is 0. The average molecular weight is 295 g/mol. The summed E-state index contributed by atoms with van der Waals surface area (Å²) in [4.78, 5) is 3.79. The van der Waals surface area contributed by atoms with Crippen LogP contribution in [0, 0.1) is 5.92 Å². The first kappa shape index (κ1) is 13.3. The van der Waals surface area contributed by atoms with Crippen LogP contribution >= 0.6 is 22.9 Å². The van der Waals surface area contributed by atoms with E-state index in [-0.39, 0.29) is 8.68 Å². The lowest BCUT2D eigenvalue weighted by molar-refractivity contribution is 0.250. The predicted octanol–water partition coefficient (Wildman–Crippen LogP) is 2.61. The van der Waals surface area contributed by atoms with E-state index in [0.717, 1.165) is 24.2 Å². The van der Waals surface area contributed by atoms with Crippen molar-refractivity contribution < 1.29 is 8.42 Å². The molecule has 7 heteroatoms. The van der Waals surface area contributed by atoms with Crippen LogP contribution in [0.4, 0.5) is 0 Å². The van der Waals surface area contributed by atoms with E-state index in [1.807, 2.05) is 6.92 Å². The molecular formula is C10H15ClN2O2S2. The van der Waals surface area contributed by atoms with Gasteiger partial charge in [0.15, 0.2) is 8.68 Å². The van der Waals surface area contributed by atoms with E-state index in [9.17, 15) is 8.42 Å². The van der Waals surface area contributed by atoms with E-state index in [1.54, 1.807) is 0 Å². The van der Waals surface area contributed by atoms with Gasteiger partial charge in [0.25, 0.3) is 10.0 Å². The van der Waals surface area contributed by atoms with E-state index in [4.69, 9.17) is 11.6 Å². The molecule has 0 aromatic carbocycles. The summed E-state index contributed by atoms with van der Waals surface area (Å²) in [6, 6.07) is 0. The molecule has 0 amide bonds. The number of rotatable bonds is 5. The van der Waals surface area contributed by atoms with Crippen molar-refractivity contribution in [2.45, 2.75) is 30.4 Å². The first-order valence-corrected chi connectivity index (χ1v) is 8.29. The van der Waals surface area contributed by atoms with E-state index in [1.165, 1.54) is 16.9 Å². The van der Waals surface area contributed by atoms with E-state index >= 15 is 0 Å². The molecule has 17 heavy (non-hydrogen) atoms. The number of hydrogen-bond donors (Lipinski definition) is 0. The standard InChI is InChI=1S/C10H15ClN2O2S2/c1-2-13(7-8-4-3-5-8)17(14,15)9-6-12-10(11)16-9/h6,8H,2-5,7H2,1H3. The van der Waals surface area contributed by atoms with Gasteiger partial charge in [0.2, 0.25) is 0 Å². The van der Waals surface area contributed by atoms with Gasteiger partial charge in [0.1, 0.15) is 0 Å². The maximum Gasteiger partial charge on any atom is 0.254 e. The van der Waals surface area contributed by atoms with Crippen molar-refractivity contribution in [1.29, 1.82) is 0 Å². The summed E-state index contributed by atoms with van der Waals surface area (Å²) in [5, 5.41) is 0. The molecule has 0 unspecified atom stereocenters. The number of nitrogens with zero attached hydrogens (tertiary/aromatic N) is 2. The zero-order chi connectivity index (χ0) is 12.5. The Morgan fingerprint density at radius 1 is 1.59 bits per heavy atom. The highest BCUT2D eigenvalue weighted by atomic mass is 35.5. The summed E-state index contributed by atoms with van der Waals surface area (Å²) in [7, 11) is -3.40. The Kier molecular flexibility index (Phi) is 4.07. The Balaban J connectivity index is 2.16. The van der Waals surface area contributed by atoms with Gasteiger partial charge in [-0.15, -0.1) is 0 Å². The third-order valence-corrected chi connectivity index (χ3v) is 6.58. The van der Waals surface area contributed by atoms with Crippen LogP contribution in [-0.2, 0) is 10.0 Å². The average Bonchev–Trinajstić information content (AvgIpc) is 2.63. The van der Waals surface area contributed by atoms with Gasteiger partial charge in [-0.25, -0.2) is 13.4 Å². The van der Waals surface area contributed by atoms with Gasteiger partial charge in [-0.1, -0.05) is 36.3 Å². The fourth-order valence-electron chi connectivity index (χ4n) is 1.85. The Labute approximate surface area is 111 Å². The lowest BCUT2D eigenvalue weighted by Crippen LogP contribution is -2.36. The highest BCUT2D eigenvalue weighted by Gasteiger charge is 2.29. The number of aromatic nitrogens is 1. The van der Waals surface area contributed by atoms with Gasteiger partial charge in [0.05, 0.1) is 6.20 Å². The van der Waals surface area contributed by atoms with Gasteiger partial charge in [-0.2, -0.15) is 4.31 Å². The molecule has 0 atom stereocenters. The minimum absolute atomic E-state index is 0.240. The molecular weight excluding hydrogens is 280 g/mol. The van der Waals surface area contributed by atoms with Crippen molar-refractivity contribution >= 4 is 33.0 Å². The van der Waals surface area contributed by atoms with Crippen LogP contribution in [0.5, 0.6) is 0 Å². The molecule has 2 rings (SSSR count). The molecule has 1 fully saturated rings. The second-order valence-corrected chi connectivity index (χ2v) is 7.96. The second kappa shape index (κ2) is 5.22. The van der Waals surface area contributed by atoms with E-state index in [0.29, 0.717) is 19.0 Å². The van der Waals surface area contributed by atoms with Crippen molar-refractivity contribution in [3.63, 3.8) is 0 Å². The Bertz CT molecular complexity index is 482. The monoisotopic (exact) mass is 294 g/mol. The van der Waals surface area contributed by atoms with Gasteiger partial charge in [-0.3, -0.25) is 0 Å². The molecule has 1 saturated carbocycles. The largest absolute Gasteiger partial charge is 0.254 e. The maximum absolute atomic E-state index is 12.3. The summed E-state index contributed by atoms with van der Waals surface area (Å²) in [5.74, 6) is 0.521. The molecule has 4 nitrogen and oxygen atoms in total. The van der Waals surface area contributed by atoms with Crippen molar-refractivity contribution in [2.24, 2.45) is 5.92 Å². The molecule has 1 aromatic rings. The molecule has 1 heterocycles. The van der Waals surface area contributed by atoms with Crippen LogP contribution in [-0.4, -0.2) is 30.8 Å². The fraction of sp³-hybridized carbons (Fsp3) is 0.700. The summed E-state index contributed by atoms with van der Waals surface area (Å²) in [6.07, 6.45) is 4.82.